The summed E-state index contributed by atoms with van der Waals surface area (Å²) in [5, 5.41) is 0. The Kier molecular flexibility index (Phi) is 5.03. The number of carbonyl (C=O) groups excluding carboxylic acids is 2. The molecule has 7 nitrogen and oxygen atoms in total. The number of nitrogens with zero attached hydrogens (tertiary/aromatic N) is 2. The molecule has 0 aromatic heterocycles. The second kappa shape index (κ2) is 7.07. The molecule has 2 aliphatic rings. The van der Waals surface area contributed by atoms with E-state index in [9.17, 15) is 9.59 Å². The predicted molar refractivity (Wildman–Crippen MR) is 88.5 cm³/mol. The number of quaternary nitrogens is 1. The van der Waals surface area contributed by atoms with E-state index in [1.165, 1.54) is 18.9 Å². The van der Waals surface area contributed by atoms with Gasteiger partial charge in [-0.25, -0.2) is 5.48 Å². The first kappa shape index (κ1) is 17.8. The molecular weight excluding hydrogens is 329 g/mol. The minimum Gasteiger partial charge on any atom is -0.386 e. The Morgan fingerprint density at radius 3 is 2.76 bits per heavy atom. The van der Waals surface area contributed by atoms with Gasteiger partial charge in [0, 0.05) is 47.8 Å². The lowest BCUT2D eigenvalue weighted by Gasteiger charge is -2.32. The van der Waals surface area contributed by atoms with Gasteiger partial charge in [-0.1, -0.05) is 18.2 Å². The number of cyclic esters (lactones) is 1. The minimum atomic E-state index is -1.48. The zero-order valence-electron chi connectivity index (χ0n) is 14.4. The highest BCUT2D eigenvalue weighted by atomic mass is 19.2. The molecule has 0 aliphatic carbocycles. The average molecular weight is 352 g/mol. The van der Waals surface area contributed by atoms with Crippen molar-refractivity contribution in [1.29, 1.82) is 0 Å². The van der Waals surface area contributed by atoms with Gasteiger partial charge in [-0.3, -0.25) is 4.79 Å². The van der Waals surface area contributed by atoms with Crippen molar-refractivity contribution in [3.05, 3.63) is 30.3 Å². The monoisotopic (exact) mass is 352 g/mol. The average Bonchev–Trinajstić information content (AvgIpc) is 2.78. The standard InChI is InChI=1S/C17H23FN3O4/c1-12(22)20(2)16-15(13-7-6-10-24-19-11-13)21(18,17(23)25-16)14-8-4-3-5-9-14/h3-5,8-9,13,15-16,19H,6-7,10-11H2,1-2H3/q+1. The number of nitrogens with one attached hydrogen (secondary N) is 1. The maximum Gasteiger partial charge on any atom is 0.563 e. The van der Waals surface area contributed by atoms with Crippen molar-refractivity contribution >= 4 is 17.7 Å². The third-order valence-corrected chi connectivity index (χ3v) is 4.95. The highest BCUT2D eigenvalue weighted by Gasteiger charge is 2.66. The van der Waals surface area contributed by atoms with E-state index in [-0.39, 0.29) is 17.5 Å². The van der Waals surface area contributed by atoms with Gasteiger partial charge in [0.05, 0.1) is 6.61 Å². The smallest absolute Gasteiger partial charge is 0.386 e. The van der Waals surface area contributed by atoms with Crippen molar-refractivity contribution in [3.63, 3.8) is 0 Å². The summed E-state index contributed by atoms with van der Waals surface area (Å²) < 4.78 is 20.0. The maximum absolute atomic E-state index is 16.2. The summed E-state index contributed by atoms with van der Waals surface area (Å²) in [6.45, 7) is 2.26. The van der Waals surface area contributed by atoms with Crippen molar-refractivity contribution in [2.45, 2.75) is 32.0 Å². The van der Waals surface area contributed by atoms with Gasteiger partial charge in [0.2, 0.25) is 18.2 Å². The molecule has 1 aromatic rings. The van der Waals surface area contributed by atoms with Gasteiger partial charge in [-0.15, -0.1) is 0 Å². The first-order valence-corrected chi connectivity index (χ1v) is 8.39. The highest BCUT2D eigenvalue weighted by Crippen LogP contribution is 2.42. The largest absolute Gasteiger partial charge is 0.563 e. The lowest BCUT2D eigenvalue weighted by molar-refractivity contribution is -0.137. The third kappa shape index (κ3) is 3.12. The van der Waals surface area contributed by atoms with E-state index in [1.54, 1.807) is 30.3 Å². The van der Waals surface area contributed by atoms with Crippen molar-refractivity contribution in [2.24, 2.45) is 5.92 Å². The van der Waals surface area contributed by atoms with E-state index in [4.69, 9.17) is 9.57 Å². The predicted octanol–water partition coefficient (Wildman–Crippen LogP) is 2.13. The molecule has 4 atom stereocenters. The Morgan fingerprint density at radius 2 is 2.08 bits per heavy atom. The summed E-state index contributed by atoms with van der Waals surface area (Å²) >= 11 is 0. The molecule has 2 fully saturated rings. The van der Waals surface area contributed by atoms with E-state index in [2.05, 4.69) is 5.48 Å². The van der Waals surface area contributed by atoms with Gasteiger partial charge >= 0.3 is 6.09 Å². The Balaban J connectivity index is 2.04. The summed E-state index contributed by atoms with van der Waals surface area (Å²) in [7, 11) is 1.52. The summed E-state index contributed by atoms with van der Waals surface area (Å²) in [4.78, 5) is 30.9. The number of carbonyl (C=O) groups is 2. The van der Waals surface area contributed by atoms with E-state index >= 15 is 4.48 Å². The van der Waals surface area contributed by atoms with E-state index < -0.39 is 23.1 Å². The summed E-state index contributed by atoms with van der Waals surface area (Å²) in [5.41, 5.74) is 3.02. The Hall–Kier alpha value is -2.03. The summed E-state index contributed by atoms with van der Waals surface area (Å²) in [6, 6.07) is 7.35. The van der Waals surface area contributed by atoms with Crippen LogP contribution in [-0.4, -0.2) is 49.4 Å². The van der Waals surface area contributed by atoms with Crippen LogP contribution in [0.2, 0.25) is 0 Å². The number of likely N-dealkylation sites (N-methyl/N-ethyl adjacent to an activating group) is 1. The van der Waals surface area contributed by atoms with Crippen molar-refractivity contribution in [2.75, 3.05) is 20.2 Å². The van der Waals surface area contributed by atoms with Crippen LogP contribution in [0, 0.1) is 5.92 Å². The van der Waals surface area contributed by atoms with Crippen LogP contribution in [0.5, 0.6) is 0 Å². The molecule has 0 radical (unpaired) electrons. The maximum atomic E-state index is 16.2. The first-order chi connectivity index (χ1) is 12.0. The second-order valence-electron chi connectivity index (χ2n) is 6.47. The molecule has 1 aromatic carbocycles. The normalized spacial score (nSPS) is 32.8. The van der Waals surface area contributed by atoms with Crippen LogP contribution in [-0.2, 0) is 14.4 Å². The van der Waals surface area contributed by atoms with Crippen molar-refractivity contribution in [3.8, 4) is 0 Å². The molecule has 4 unspecified atom stereocenters. The summed E-state index contributed by atoms with van der Waals surface area (Å²) in [5.74, 6) is -0.534. The fourth-order valence-electron chi connectivity index (χ4n) is 3.53. The van der Waals surface area contributed by atoms with E-state index in [1.807, 2.05) is 0 Å². The third-order valence-electron chi connectivity index (χ3n) is 4.95. The number of amides is 2. The van der Waals surface area contributed by atoms with Crippen LogP contribution in [0.25, 0.3) is 0 Å². The molecule has 25 heavy (non-hydrogen) atoms. The van der Waals surface area contributed by atoms with Gasteiger partial charge in [0.1, 0.15) is 0 Å². The quantitative estimate of drug-likeness (QED) is 0.844. The molecular formula is C17H23FN3O4+. The van der Waals surface area contributed by atoms with Crippen LogP contribution >= 0.6 is 0 Å². The van der Waals surface area contributed by atoms with Crippen molar-refractivity contribution < 1.29 is 23.6 Å². The molecule has 2 amide bonds. The number of para-hydroxylation sites is 1. The lowest BCUT2D eigenvalue weighted by atomic mass is 9.91. The molecule has 3 rings (SSSR count). The molecule has 0 bridgehead atoms. The van der Waals surface area contributed by atoms with Crippen LogP contribution in [0.15, 0.2) is 30.3 Å². The zero-order valence-corrected chi connectivity index (χ0v) is 14.4. The van der Waals surface area contributed by atoms with Crippen LogP contribution in [0.1, 0.15) is 19.8 Å². The number of hydrogen-bond donors (Lipinski definition) is 1. The molecule has 2 saturated heterocycles. The van der Waals surface area contributed by atoms with Crippen LogP contribution in [0.3, 0.4) is 0 Å². The number of hydroxylamine groups is 1. The number of hydrogen-bond acceptors (Lipinski definition) is 5. The van der Waals surface area contributed by atoms with Gasteiger partial charge in [0.15, 0.2) is 5.69 Å². The zero-order chi connectivity index (χ0) is 18.0. The number of ether oxygens (including phenoxy) is 1. The number of halogens is 1. The SMILES string of the molecule is CC(=O)N(C)C1OC(=O)[N+](F)(c2ccccc2)C1C1CCCONC1. The van der Waals surface area contributed by atoms with Crippen LogP contribution in [0.4, 0.5) is 15.0 Å². The molecule has 0 spiro atoms. The molecule has 1 N–H and O–H groups in total. The van der Waals surface area contributed by atoms with Crippen molar-refractivity contribution in [1.82, 2.24) is 15.1 Å². The molecule has 0 saturated carbocycles. The molecule has 2 aliphatic heterocycles. The molecule has 2 heterocycles. The van der Waals surface area contributed by atoms with Gasteiger partial charge < -0.3 is 14.5 Å². The highest BCUT2D eigenvalue weighted by molar-refractivity contribution is 5.84. The number of rotatable bonds is 3. The van der Waals surface area contributed by atoms with Gasteiger partial charge in [-0.2, -0.15) is 4.79 Å². The van der Waals surface area contributed by atoms with Gasteiger partial charge in [0.25, 0.3) is 0 Å². The lowest BCUT2D eigenvalue weighted by Crippen LogP contribution is -2.58. The van der Waals surface area contributed by atoms with Crippen LogP contribution < -0.4 is 10.2 Å². The Bertz CT molecular complexity index is 636. The fraction of sp³-hybridized carbons (Fsp3) is 0.529. The second-order valence-corrected chi connectivity index (χ2v) is 6.47. The minimum absolute atomic E-state index is 0.196. The molecule has 8 heteroatoms. The Labute approximate surface area is 145 Å². The van der Waals surface area contributed by atoms with E-state index in [0.29, 0.717) is 19.6 Å². The number of benzene rings is 1. The first-order valence-electron chi connectivity index (χ1n) is 8.39. The fourth-order valence-corrected chi connectivity index (χ4v) is 3.53. The Morgan fingerprint density at radius 1 is 1.36 bits per heavy atom. The molecule has 136 valence electrons. The van der Waals surface area contributed by atoms with E-state index in [0.717, 1.165) is 6.42 Å². The van der Waals surface area contributed by atoms with Gasteiger partial charge in [-0.05, 0) is 12.8 Å². The summed E-state index contributed by atoms with van der Waals surface area (Å²) in [6.07, 6.45) is -0.583. The topological polar surface area (TPSA) is 67.9 Å².